The number of hydrogen-bond acceptors (Lipinski definition) is 7. The van der Waals surface area contributed by atoms with Crippen LogP contribution in [0.2, 0.25) is 5.02 Å². The summed E-state index contributed by atoms with van der Waals surface area (Å²) in [4.78, 5) is 44.7. The van der Waals surface area contributed by atoms with Crippen molar-refractivity contribution in [2.24, 2.45) is 0 Å². The van der Waals surface area contributed by atoms with Gasteiger partial charge >= 0.3 is 5.97 Å². The maximum atomic E-state index is 13.0. The number of fused-ring (bicyclic) bond motifs is 4. The minimum atomic E-state index is -1.10. The van der Waals surface area contributed by atoms with Gasteiger partial charge in [-0.2, -0.15) is 4.68 Å². The summed E-state index contributed by atoms with van der Waals surface area (Å²) in [6, 6.07) is 9.06. The molecule has 2 bridgehead atoms. The molecule has 0 radical (unpaired) electrons. The number of carboxylic acids is 1. The van der Waals surface area contributed by atoms with Crippen LogP contribution in [0.15, 0.2) is 67.2 Å². The zero-order valence-corrected chi connectivity index (χ0v) is 21.7. The first-order valence-electron chi connectivity index (χ1n) is 12.3. The molecule has 0 unspecified atom stereocenters. The summed E-state index contributed by atoms with van der Waals surface area (Å²) in [7, 11) is 0. The van der Waals surface area contributed by atoms with E-state index >= 15 is 0 Å². The zero-order valence-electron chi connectivity index (χ0n) is 20.9. The van der Waals surface area contributed by atoms with Crippen molar-refractivity contribution < 1.29 is 19.5 Å². The number of halogens is 1. The van der Waals surface area contributed by atoms with Crippen LogP contribution < -0.4 is 10.6 Å². The van der Waals surface area contributed by atoms with Crippen molar-refractivity contribution in [2.75, 3.05) is 5.32 Å². The van der Waals surface area contributed by atoms with Gasteiger partial charge in [0.2, 0.25) is 11.8 Å². The van der Waals surface area contributed by atoms with Crippen molar-refractivity contribution in [3.8, 4) is 16.9 Å². The van der Waals surface area contributed by atoms with Gasteiger partial charge in [0.15, 0.2) is 0 Å². The predicted molar refractivity (Wildman–Crippen MR) is 147 cm³/mol. The van der Waals surface area contributed by atoms with E-state index in [1.165, 1.54) is 29.2 Å². The van der Waals surface area contributed by atoms with Crippen LogP contribution in [0.4, 0.5) is 5.69 Å². The van der Waals surface area contributed by atoms with Gasteiger partial charge in [0.25, 0.3) is 0 Å². The number of nitrogens with one attached hydrogen (secondary N) is 3. The molecule has 4 N–H and O–H groups in total. The topological polar surface area (TPSA) is 168 Å². The van der Waals surface area contributed by atoms with Crippen LogP contribution in [0.3, 0.4) is 0 Å². The van der Waals surface area contributed by atoms with E-state index in [9.17, 15) is 19.5 Å². The molecule has 1 aliphatic heterocycles. The molecule has 202 valence electrons. The lowest BCUT2D eigenvalue weighted by molar-refractivity contribution is -0.117. The van der Waals surface area contributed by atoms with E-state index in [0.717, 1.165) is 0 Å². The minimum Gasteiger partial charge on any atom is -0.478 e. The van der Waals surface area contributed by atoms with Gasteiger partial charge in [0, 0.05) is 28.6 Å². The van der Waals surface area contributed by atoms with Gasteiger partial charge in [0.1, 0.15) is 12.2 Å². The molecule has 12 nitrogen and oxygen atoms in total. The number of carboxylic acid groups (broad SMARTS) is 1. The summed E-state index contributed by atoms with van der Waals surface area (Å²) in [5, 5.41) is 27.0. The number of imidazole rings is 1. The van der Waals surface area contributed by atoms with Crippen LogP contribution in [-0.4, -0.2) is 53.1 Å². The van der Waals surface area contributed by atoms with Crippen molar-refractivity contribution in [2.45, 2.75) is 25.3 Å². The van der Waals surface area contributed by atoms with Crippen molar-refractivity contribution in [3.05, 3.63) is 89.1 Å². The Balaban J connectivity index is 1.43. The quantitative estimate of drug-likeness (QED) is 0.211. The Hall–Kier alpha value is -5.10. The zero-order chi connectivity index (χ0) is 28.1. The van der Waals surface area contributed by atoms with Crippen LogP contribution >= 0.6 is 11.6 Å². The molecule has 5 rings (SSSR count). The lowest BCUT2D eigenvalue weighted by Crippen LogP contribution is -2.27. The maximum absolute atomic E-state index is 13.0. The molecule has 2 aromatic carbocycles. The highest BCUT2D eigenvalue weighted by molar-refractivity contribution is 6.30. The number of nitrogens with zero attached hydrogens (tertiary/aromatic N) is 5. The number of aromatic nitrogens is 6. The SMILES string of the molecule is O=C(/C=C/c1cc(Cl)ccc1-n1cnnn1)N[C@H]1CC=CCCC(=O)Nc2ccc(C(=O)O)cc2-c2cnc1[nH]2. The molecular weight excluding hydrogens is 536 g/mol. The number of tetrazole rings is 1. The molecule has 3 heterocycles. The lowest BCUT2D eigenvalue weighted by Gasteiger charge is -2.14. The fraction of sp³-hybridized carbons (Fsp3) is 0.148. The number of carbonyl (C=O) groups excluding carboxylic acids is 2. The van der Waals surface area contributed by atoms with E-state index in [-0.39, 0.29) is 23.8 Å². The summed E-state index contributed by atoms with van der Waals surface area (Å²) < 4.78 is 1.46. The monoisotopic (exact) mass is 558 g/mol. The van der Waals surface area contributed by atoms with Gasteiger partial charge < -0.3 is 20.7 Å². The number of carbonyl (C=O) groups is 3. The Morgan fingerprint density at radius 2 is 2.05 bits per heavy atom. The molecule has 2 aromatic heterocycles. The number of rotatable bonds is 5. The lowest BCUT2D eigenvalue weighted by atomic mass is 10.1. The van der Waals surface area contributed by atoms with Crippen LogP contribution in [0.25, 0.3) is 23.0 Å². The van der Waals surface area contributed by atoms with Crippen LogP contribution in [0.5, 0.6) is 0 Å². The third-order valence-corrected chi connectivity index (χ3v) is 6.38. The third-order valence-electron chi connectivity index (χ3n) is 6.15. The largest absolute Gasteiger partial charge is 0.478 e. The molecule has 4 aromatic rings. The van der Waals surface area contributed by atoms with Crippen LogP contribution in [0.1, 0.15) is 47.1 Å². The van der Waals surface area contributed by atoms with Gasteiger partial charge in [0.05, 0.1) is 34.9 Å². The van der Waals surface area contributed by atoms with Crippen molar-refractivity contribution >= 4 is 41.1 Å². The molecule has 0 spiro atoms. The summed E-state index contributed by atoms with van der Waals surface area (Å²) in [5.41, 5.74) is 2.76. The number of amides is 2. The second-order valence-electron chi connectivity index (χ2n) is 8.89. The Morgan fingerprint density at radius 1 is 1.18 bits per heavy atom. The van der Waals surface area contributed by atoms with Gasteiger partial charge in [-0.1, -0.05) is 23.8 Å². The molecule has 0 fully saturated rings. The molecule has 0 saturated carbocycles. The van der Waals surface area contributed by atoms with Gasteiger partial charge in [-0.3, -0.25) is 9.59 Å². The molecule has 40 heavy (non-hydrogen) atoms. The Kier molecular flexibility index (Phi) is 7.78. The number of benzene rings is 2. The smallest absolute Gasteiger partial charge is 0.335 e. The average molecular weight is 559 g/mol. The van der Waals surface area contributed by atoms with E-state index in [2.05, 4.69) is 36.1 Å². The van der Waals surface area contributed by atoms with E-state index in [0.29, 0.717) is 51.9 Å². The standard InChI is InChI=1S/C27H23ClN8O4/c28-18-8-10-23(36-15-30-34-35-36)16(12-18)7-11-25(38)32-21-4-2-1-3-5-24(37)31-20-9-6-17(27(39)40)13-19(20)22-14-29-26(21)33-22/h1-2,6-15,21H,3-5H2,(H,29,33)(H,31,37)(H,32,38)(H,39,40)/b2-1?,11-7+/t21-/m0/s1. The van der Waals surface area contributed by atoms with Gasteiger partial charge in [-0.15, -0.1) is 5.10 Å². The average Bonchev–Trinajstić information content (AvgIpc) is 3.64. The van der Waals surface area contributed by atoms with Crippen molar-refractivity contribution in [1.29, 1.82) is 0 Å². The summed E-state index contributed by atoms with van der Waals surface area (Å²) >= 11 is 6.17. The highest BCUT2D eigenvalue weighted by Gasteiger charge is 2.20. The molecule has 13 heteroatoms. The number of allylic oxidation sites excluding steroid dienone is 1. The van der Waals surface area contributed by atoms with Crippen molar-refractivity contribution in [1.82, 2.24) is 35.5 Å². The van der Waals surface area contributed by atoms with Crippen molar-refractivity contribution in [3.63, 3.8) is 0 Å². The predicted octanol–water partition coefficient (Wildman–Crippen LogP) is 3.95. The highest BCUT2D eigenvalue weighted by Crippen LogP contribution is 2.30. The number of H-pyrrole nitrogens is 1. The molecule has 1 atom stereocenters. The maximum Gasteiger partial charge on any atom is 0.335 e. The van der Waals surface area contributed by atoms with Crippen LogP contribution in [0, 0.1) is 0 Å². The number of aromatic carboxylic acids is 1. The van der Waals surface area contributed by atoms with Crippen LogP contribution in [-0.2, 0) is 9.59 Å². The Morgan fingerprint density at radius 3 is 2.85 bits per heavy atom. The van der Waals surface area contributed by atoms with E-state index in [4.69, 9.17) is 11.6 Å². The number of hydrogen-bond donors (Lipinski definition) is 4. The number of anilines is 1. The first-order valence-corrected chi connectivity index (χ1v) is 12.6. The summed E-state index contributed by atoms with van der Waals surface area (Å²) in [5.74, 6) is -1.21. The molecule has 2 amide bonds. The van der Waals surface area contributed by atoms with Gasteiger partial charge in [-0.25, -0.2) is 9.78 Å². The second kappa shape index (κ2) is 11.7. The van der Waals surface area contributed by atoms with E-state index < -0.39 is 12.0 Å². The van der Waals surface area contributed by atoms with E-state index in [1.807, 2.05) is 12.2 Å². The van der Waals surface area contributed by atoms with Gasteiger partial charge in [-0.05, 0) is 65.7 Å². The fourth-order valence-corrected chi connectivity index (χ4v) is 4.38. The fourth-order valence-electron chi connectivity index (χ4n) is 4.20. The normalized spacial score (nSPS) is 15.4. The number of aromatic amines is 1. The molecule has 0 saturated heterocycles. The Bertz CT molecular complexity index is 1630. The van der Waals surface area contributed by atoms with E-state index in [1.54, 1.807) is 36.5 Å². The summed E-state index contributed by atoms with van der Waals surface area (Å²) in [6.07, 6.45) is 10.9. The highest BCUT2D eigenvalue weighted by atomic mass is 35.5. The minimum absolute atomic E-state index is 0.0622. The Labute approximate surface area is 232 Å². The summed E-state index contributed by atoms with van der Waals surface area (Å²) in [6.45, 7) is 0. The first kappa shape index (κ1) is 26.5. The molecular formula is C27H23ClN8O4. The molecule has 1 aliphatic rings. The second-order valence-corrected chi connectivity index (χ2v) is 9.33. The molecule has 0 aliphatic carbocycles. The third kappa shape index (κ3) is 6.13. The first-order chi connectivity index (χ1) is 19.4.